The molecular weight excluding hydrogens is 344 g/mol. The molecule has 0 amide bonds. The number of nitrogens with one attached hydrogen (secondary N) is 1. The summed E-state index contributed by atoms with van der Waals surface area (Å²) in [6.45, 7) is 0. The van der Waals surface area contributed by atoms with Gasteiger partial charge in [-0.1, -0.05) is 40.2 Å². The maximum absolute atomic E-state index is 11.6. The molecule has 22 heavy (non-hydrogen) atoms. The second-order valence-corrected chi connectivity index (χ2v) is 5.66. The topological polar surface area (TPSA) is 55.0 Å². The van der Waals surface area contributed by atoms with Gasteiger partial charge >= 0.3 is 5.97 Å². The fourth-order valence-corrected chi connectivity index (χ4v) is 2.43. The van der Waals surface area contributed by atoms with E-state index in [0.29, 0.717) is 5.56 Å². The molecular formula is C17H13BrN2O2. The smallest absolute Gasteiger partial charge is 0.337 e. The van der Waals surface area contributed by atoms with Gasteiger partial charge < -0.3 is 4.74 Å². The van der Waals surface area contributed by atoms with Crippen molar-refractivity contribution < 1.29 is 9.53 Å². The molecule has 0 radical (unpaired) electrons. The van der Waals surface area contributed by atoms with E-state index in [2.05, 4.69) is 26.1 Å². The molecule has 0 bridgehead atoms. The summed E-state index contributed by atoms with van der Waals surface area (Å²) in [5.74, 6) is -0.356. The standard InChI is InChI=1S/C17H13BrN2O2/c1-22-17(21)13-4-2-3-12(9-13)16-10-15(19-20-16)11-5-7-14(18)8-6-11/h2-10H,1H3,(H,19,20). The van der Waals surface area contributed by atoms with E-state index in [-0.39, 0.29) is 5.97 Å². The van der Waals surface area contributed by atoms with Crippen molar-refractivity contribution in [2.45, 2.75) is 0 Å². The average molecular weight is 357 g/mol. The molecule has 0 aliphatic heterocycles. The van der Waals surface area contributed by atoms with E-state index in [1.165, 1.54) is 7.11 Å². The maximum Gasteiger partial charge on any atom is 0.337 e. The fourth-order valence-electron chi connectivity index (χ4n) is 2.17. The molecule has 0 aliphatic carbocycles. The molecule has 0 atom stereocenters. The molecule has 0 unspecified atom stereocenters. The van der Waals surface area contributed by atoms with Gasteiger partial charge in [-0.05, 0) is 35.9 Å². The van der Waals surface area contributed by atoms with E-state index < -0.39 is 0 Å². The summed E-state index contributed by atoms with van der Waals surface area (Å²) >= 11 is 3.42. The van der Waals surface area contributed by atoms with Gasteiger partial charge in [-0.3, -0.25) is 5.10 Å². The maximum atomic E-state index is 11.6. The largest absolute Gasteiger partial charge is 0.465 e. The van der Waals surface area contributed by atoms with E-state index in [1.807, 2.05) is 42.5 Å². The Morgan fingerprint density at radius 3 is 2.59 bits per heavy atom. The molecule has 5 heteroatoms. The number of aromatic amines is 1. The van der Waals surface area contributed by atoms with Crippen LogP contribution >= 0.6 is 15.9 Å². The minimum Gasteiger partial charge on any atom is -0.465 e. The van der Waals surface area contributed by atoms with Gasteiger partial charge in [-0.2, -0.15) is 5.10 Å². The van der Waals surface area contributed by atoms with E-state index in [0.717, 1.165) is 27.0 Å². The van der Waals surface area contributed by atoms with Crippen molar-refractivity contribution in [3.8, 4) is 22.5 Å². The number of carbonyl (C=O) groups is 1. The van der Waals surface area contributed by atoms with Crippen LogP contribution in [-0.2, 0) is 4.74 Å². The Kier molecular flexibility index (Phi) is 4.06. The molecule has 1 heterocycles. The molecule has 4 nitrogen and oxygen atoms in total. The van der Waals surface area contributed by atoms with Gasteiger partial charge in [-0.25, -0.2) is 4.79 Å². The van der Waals surface area contributed by atoms with Crippen LogP contribution in [0.5, 0.6) is 0 Å². The lowest BCUT2D eigenvalue weighted by atomic mass is 10.1. The zero-order chi connectivity index (χ0) is 15.5. The van der Waals surface area contributed by atoms with E-state index in [1.54, 1.807) is 12.1 Å². The SMILES string of the molecule is COC(=O)c1cccc(-c2cc(-c3ccc(Br)cc3)[nH]n2)c1. The van der Waals surface area contributed by atoms with Gasteiger partial charge in [0.2, 0.25) is 0 Å². The molecule has 0 spiro atoms. The van der Waals surface area contributed by atoms with Crippen molar-refractivity contribution in [3.05, 3.63) is 64.6 Å². The summed E-state index contributed by atoms with van der Waals surface area (Å²) in [6, 6.07) is 17.1. The molecule has 1 N–H and O–H groups in total. The van der Waals surface area contributed by atoms with Crippen LogP contribution in [0.15, 0.2) is 59.1 Å². The van der Waals surface area contributed by atoms with Gasteiger partial charge in [0.25, 0.3) is 0 Å². The number of benzene rings is 2. The van der Waals surface area contributed by atoms with Crippen LogP contribution in [0, 0.1) is 0 Å². The van der Waals surface area contributed by atoms with Gasteiger partial charge in [0.1, 0.15) is 0 Å². The number of rotatable bonds is 3. The number of methoxy groups -OCH3 is 1. The summed E-state index contributed by atoms with van der Waals surface area (Å²) in [6.07, 6.45) is 0. The normalized spacial score (nSPS) is 10.5. The van der Waals surface area contributed by atoms with Gasteiger partial charge in [0.15, 0.2) is 0 Å². The second kappa shape index (κ2) is 6.15. The summed E-state index contributed by atoms with van der Waals surface area (Å²) in [5.41, 5.74) is 4.12. The van der Waals surface area contributed by atoms with Crippen LogP contribution < -0.4 is 0 Å². The molecule has 0 aliphatic rings. The first-order valence-corrected chi connectivity index (χ1v) is 7.47. The minimum absolute atomic E-state index is 0.356. The van der Waals surface area contributed by atoms with Gasteiger partial charge in [-0.15, -0.1) is 0 Å². The van der Waals surface area contributed by atoms with E-state index >= 15 is 0 Å². The number of ether oxygens (including phenoxy) is 1. The van der Waals surface area contributed by atoms with Gasteiger partial charge in [0, 0.05) is 10.0 Å². The highest BCUT2D eigenvalue weighted by atomic mass is 79.9. The summed E-state index contributed by atoms with van der Waals surface area (Å²) < 4.78 is 5.77. The lowest BCUT2D eigenvalue weighted by Gasteiger charge is -2.01. The Labute approximate surface area is 136 Å². The fraction of sp³-hybridized carbons (Fsp3) is 0.0588. The summed E-state index contributed by atoms with van der Waals surface area (Å²) in [5, 5.41) is 7.34. The number of carbonyl (C=O) groups excluding carboxylic acids is 1. The third-order valence-electron chi connectivity index (χ3n) is 3.31. The predicted molar refractivity (Wildman–Crippen MR) is 88.5 cm³/mol. The molecule has 0 saturated carbocycles. The number of nitrogens with zero attached hydrogens (tertiary/aromatic N) is 1. The summed E-state index contributed by atoms with van der Waals surface area (Å²) in [4.78, 5) is 11.6. The molecule has 3 aromatic rings. The second-order valence-electron chi connectivity index (χ2n) is 4.75. The third-order valence-corrected chi connectivity index (χ3v) is 3.84. The van der Waals surface area contributed by atoms with Crippen molar-refractivity contribution in [1.82, 2.24) is 10.2 Å². The Bertz CT molecular complexity index is 810. The van der Waals surface area contributed by atoms with Crippen LogP contribution in [0.25, 0.3) is 22.5 Å². The molecule has 0 fully saturated rings. The van der Waals surface area contributed by atoms with Crippen LogP contribution in [-0.4, -0.2) is 23.3 Å². The molecule has 3 rings (SSSR count). The monoisotopic (exact) mass is 356 g/mol. The van der Waals surface area contributed by atoms with Crippen molar-refractivity contribution in [2.75, 3.05) is 7.11 Å². The highest BCUT2D eigenvalue weighted by molar-refractivity contribution is 9.10. The Morgan fingerprint density at radius 1 is 1.09 bits per heavy atom. The molecule has 110 valence electrons. The average Bonchev–Trinajstić information content (AvgIpc) is 3.05. The highest BCUT2D eigenvalue weighted by Crippen LogP contribution is 2.25. The predicted octanol–water partition coefficient (Wildman–Crippen LogP) is 4.29. The quantitative estimate of drug-likeness (QED) is 0.712. The Balaban J connectivity index is 1.94. The highest BCUT2D eigenvalue weighted by Gasteiger charge is 2.10. The Morgan fingerprint density at radius 2 is 1.86 bits per heavy atom. The Hall–Kier alpha value is -2.40. The number of aromatic nitrogens is 2. The van der Waals surface area contributed by atoms with Gasteiger partial charge in [0.05, 0.1) is 24.1 Å². The zero-order valence-corrected chi connectivity index (χ0v) is 13.4. The van der Waals surface area contributed by atoms with Crippen LogP contribution in [0.1, 0.15) is 10.4 Å². The number of esters is 1. The van der Waals surface area contributed by atoms with Crippen molar-refractivity contribution >= 4 is 21.9 Å². The van der Waals surface area contributed by atoms with Crippen molar-refractivity contribution in [1.29, 1.82) is 0 Å². The molecule has 2 aromatic carbocycles. The van der Waals surface area contributed by atoms with Crippen molar-refractivity contribution in [3.63, 3.8) is 0 Å². The molecule has 0 saturated heterocycles. The molecule has 1 aromatic heterocycles. The first kappa shape index (κ1) is 14.5. The summed E-state index contributed by atoms with van der Waals surface area (Å²) in [7, 11) is 1.37. The number of H-pyrrole nitrogens is 1. The lowest BCUT2D eigenvalue weighted by Crippen LogP contribution is -2.00. The van der Waals surface area contributed by atoms with Crippen LogP contribution in [0.2, 0.25) is 0 Å². The van der Waals surface area contributed by atoms with Crippen LogP contribution in [0.3, 0.4) is 0 Å². The zero-order valence-electron chi connectivity index (χ0n) is 11.8. The van der Waals surface area contributed by atoms with E-state index in [9.17, 15) is 4.79 Å². The minimum atomic E-state index is -0.356. The lowest BCUT2D eigenvalue weighted by molar-refractivity contribution is 0.0601. The van der Waals surface area contributed by atoms with Crippen LogP contribution in [0.4, 0.5) is 0 Å². The first-order chi connectivity index (χ1) is 10.7. The number of hydrogen-bond donors (Lipinski definition) is 1. The van der Waals surface area contributed by atoms with E-state index in [4.69, 9.17) is 4.74 Å². The third kappa shape index (κ3) is 2.94. The van der Waals surface area contributed by atoms with Crippen molar-refractivity contribution in [2.24, 2.45) is 0 Å². The first-order valence-electron chi connectivity index (χ1n) is 6.67. The number of halogens is 1. The number of hydrogen-bond acceptors (Lipinski definition) is 3.